The molecule has 1 aromatic carbocycles. The van der Waals surface area contributed by atoms with Crippen LogP contribution in [0.3, 0.4) is 0 Å². The number of hydrogen-bond acceptors (Lipinski definition) is 5. The monoisotopic (exact) mass is 316 g/mol. The number of ether oxygens (including phenoxy) is 4. The molecule has 6 nitrogen and oxygen atoms in total. The first-order valence-electron chi connectivity index (χ1n) is 6.94. The molecule has 0 saturated heterocycles. The Labute approximate surface area is 132 Å². The van der Waals surface area contributed by atoms with E-state index in [2.05, 4.69) is 0 Å². The van der Waals surface area contributed by atoms with Crippen molar-refractivity contribution in [3.8, 4) is 17.2 Å². The summed E-state index contributed by atoms with van der Waals surface area (Å²) in [6, 6.07) is 1.59. The van der Waals surface area contributed by atoms with Gasteiger partial charge in [0.1, 0.15) is 6.10 Å². The molecule has 1 heterocycles. The van der Waals surface area contributed by atoms with Crippen LogP contribution in [-0.4, -0.2) is 38.5 Å². The molecule has 1 atom stereocenters. The summed E-state index contributed by atoms with van der Waals surface area (Å²) < 4.78 is 21.8. The van der Waals surface area contributed by atoms with Crippen molar-refractivity contribution in [1.29, 1.82) is 0 Å². The SMILES string of the molecule is COc1cc2c(c(OC)c1OC)=C1C=CC=CC1OC=2C(=O)O. The van der Waals surface area contributed by atoms with Crippen LogP contribution in [0.5, 0.6) is 17.2 Å². The van der Waals surface area contributed by atoms with Crippen LogP contribution in [0.15, 0.2) is 30.4 Å². The predicted octanol–water partition coefficient (Wildman–Crippen LogP) is 0.581. The number of allylic oxidation sites excluding steroid dienone is 2. The summed E-state index contributed by atoms with van der Waals surface area (Å²) in [5, 5.41) is 10.5. The van der Waals surface area contributed by atoms with Crippen LogP contribution in [0, 0.1) is 0 Å². The van der Waals surface area contributed by atoms with Crippen LogP contribution in [0.1, 0.15) is 0 Å². The molecule has 0 bridgehead atoms. The Bertz CT molecular complexity index is 847. The van der Waals surface area contributed by atoms with Gasteiger partial charge in [-0.25, -0.2) is 4.79 Å². The zero-order chi connectivity index (χ0) is 16.6. The average Bonchev–Trinajstić information content (AvgIpc) is 2.58. The molecular weight excluding hydrogens is 300 g/mol. The summed E-state index contributed by atoms with van der Waals surface area (Å²) in [6.07, 6.45) is 6.85. The van der Waals surface area contributed by atoms with E-state index in [4.69, 9.17) is 18.9 Å². The maximum atomic E-state index is 11.6. The highest BCUT2D eigenvalue weighted by molar-refractivity contribution is 6.06. The Hall–Kier alpha value is -2.89. The fourth-order valence-electron chi connectivity index (χ4n) is 2.83. The van der Waals surface area contributed by atoms with E-state index in [-0.39, 0.29) is 5.76 Å². The van der Waals surface area contributed by atoms with Gasteiger partial charge in [0.25, 0.3) is 0 Å². The number of rotatable bonds is 4. The molecule has 0 spiro atoms. The number of aliphatic carboxylic acids is 1. The highest BCUT2D eigenvalue weighted by Crippen LogP contribution is 2.34. The highest BCUT2D eigenvalue weighted by atomic mass is 16.5. The van der Waals surface area contributed by atoms with E-state index in [0.717, 1.165) is 5.57 Å². The van der Waals surface area contributed by atoms with Gasteiger partial charge in [-0.15, -0.1) is 0 Å². The van der Waals surface area contributed by atoms with Gasteiger partial charge in [-0.3, -0.25) is 0 Å². The third-order valence-corrected chi connectivity index (χ3v) is 3.78. The van der Waals surface area contributed by atoms with Crippen molar-refractivity contribution in [1.82, 2.24) is 0 Å². The van der Waals surface area contributed by atoms with Gasteiger partial charge in [-0.1, -0.05) is 18.2 Å². The first kappa shape index (κ1) is 15.0. The number of carbonyl (C=O) groups is 1. The molecule has 1 N–H and O–H groups in total. The maximum absolute atomic E-state index is 11.6. The number of hydrogen-bond donors (Lipinski definition) is 1. The Kier molecular flexibility index (Phi) is 3.73. The van der Waals surface area contributed by atoms with Gasteiger partial charge in [-0.2, -0.15) is 0 Å². The molecule has 1 aliphatic heterocycles. The average molecular weight is 316 g/mol. The fourth-order valence-corrected chi connectivity index (χ4v) is 2.83. The minimum atomic E-state index is -1.15. The standard InChI is InChI=1S/C17H16O6/c1-20-12-8-10-13(16(22-3)15(12)21-2)9-6-4-5-7-11(9)23-14(10)17(18)19/h4-8,11H,1-3H3,(H,18,19). The van der Waals surface area contributed by atoms with Crippen LogP contribution in [0.2, 0.25) is 0 Å². The zero-order valence-corrected chi connectivity index (χ0v) is 13.0. The molecule has 1 aromatic rings. The first-order chi connectivity index (χ1) is 11.1. The second-order valence-corrected chi connectivity index (χ2v) is 4.94. The Balaban J connectivity index is 2.55. The summed E-state index contributed by atoms with van der Waals surface area (Å²) in [7, 11) is 4.49. The van der Waals surface area contributed by atoms with Crippen molar-refractivity contribution in [2.75, 3.05) is 21.3 Å². The molecule has 0 fully saturated rings. The Morgan fingerprint density at radius 2 is 1.87 bits per heavy atom. The topological polar surface area (TPSA) is 74.2 Å². The molecule has 23 heavy (non-hydrogen) atoms. The van der Waals surface area contributed by atoms with Gasteiger partial charge < -0.3 is 24.1 Å². The van der Waals surface area contributed by atoms with Crippen molar-refractivity contribution in [2.45, 2.75) is 6.10 Å². The lowest BCUT2D eigenvalue weighted by molar-refractivity contribution is -0.133. The molecule has 3 rings (SSSR count). The molecule has 2 aliphatic rings. The van der Waals surface area contributed by atoms with Gasteiger partial charge in [0.2, 0.25) is 11.5 Å². The lowest BCUT2D eigenvalue weighted by Gasteiger charge is -2.25. The summed E-state index contributed by atoms with van der Waals surface area (Å²) >= 11 is 0. The summed E-state index contributed by atoms with van der Waals surface area (Å²) in [5.74, 6) is -0.0891. The van der Waals surface area contributed by atoms with Crippen LogP contribution in [-0.2, 0) is 9.53 Å². The van der Waals surface area contributed by atoms with E-state index in [9.17, 15) is 9.90 Å². The van der Waals surface area contributed by atoms with E-state index < -0.39 is 12.1 Å². The van der Waals surface area contributed by atoms with Crippen LogP contribution < -0.4 is 24.6 Å². The first-order valence-corrected chi connectivity index (χ1v) is 6.94. The maximum Gasteiger partial charge on any atom is 0.371 e. The molecule has 0 amide bonds. The van der Waals surface area contributed by atoms with E-state index >= 15 is 0 Å². The fraction of sp³-hybridized carbons (Fsp3) is 0.235. The number of fused-ring (bicyclic) bond motifs is 2. The molecule has 1 aliphatic carbocycles. The summed E-state index contributed by atoms with van der Waals surface area (Å²) in [6.45, 7) is 0. The largest absolute Gasteiger partial charge is 0.493 e. The minimum Gasteiger partial charge on any atom is -0.493 e. The highest BCUT2D eigenvalue weighted by Gasteiger charge is 2.29. The minimum absolute atomic E-state index is 0.145. The third-order valence-electron chi connectivity index (χ3n) is 3.78. The lowest BCUT2D eigenvalue weighted by Crippen LogP contribution is -2.41. The van der Waals surface area contributed by atoms with Crippen molar-refractivity contribution in [2.24, 2.45) is 0 Å². The van der Waals surface area contributed by atoms with Gasteiger partial charge in [-0.05, 0) is 12.1 Å². The van der Waals surface area contributed by atoms with E-state index in [1.54, 1.807) is 12.1 Å². The number of methoxy groups -OCH3 is 3. The van der Waals surface area contributed by atoms with Crippen molar-refractivity contribution >= 4 is 17.3 Å². The van der Waals surface area contributed by atoms with Gasteiger partial charge in [0.05, 0.1) is 21.3 Å². The second-order valence-electron chi connectivity index (χ2n) is 4.94. The smallest absolute Gasteiger partial charge is 0.371 e. The number of carboxylic acid groups (broad SMARTS) is 1. The summed E-state index contributed by atoms with van der Waals surface area (Å²) in [4.78, 5) is 11.6. The van der Waals surface area contributed by atoms with Crippen LogP contribution >= 0.6 is 0 Å². The molecule has 120 valence electrons. The van der Waals surface area contributed by atoms with Crippen molar-refractivity contribution in [3.05, 3.63) is 40.8 Å². The number of carboxylic acids is 1. The van der Waals surface area contributed by atoms with Crippen molar-refractivity contribution in [3.63, 3.8) is 0 Å². The Morgan fingerprint density at radius 1 is 1.13 bits per heavy atom. The van der Waals surface area contributed by atoms with Crippen LogP contribution in [0.25, 0.3) is 11.3 Å². The summed E-state index contributed by atoms with van der Waals surface area (Å²) in [5.41, 5.74) is 0.810. The van der Waals surface area contributed by atoms with Gasteiger partial charge >= 0.3 is 5.97 Å². The van der Waals surface area contributed by atoms with Crippen LogP contribution in [0.4, 0.5) is 0 Å². The van der Waals surface area contributed by atoms with E-state index in [0.29, 0.717) is 27.7 Å². The normalized spacial score (nSPS) is 18.0. The second kappa shape index (κ2) is 5.72. The molecular formula is C17H16O6. The van der Waals surface area contributed by atoms with Gasteiger partial charge in [0, 0.05) is 16.0 Å². The Morgan fingerprint density at radius 3 is 2.48 bits per heavy atom. The van der Waals surface area contributed by atoms with E-state index in [1.165, 1.54) is 21.3 Å². The zero-order valence-electron chi connectivity index (χ0n) is 13.0. The quantitative estimate of drug-likeness (QED) is 0.876. The van der Waals surface area contributed by atoms with Gasteiger partial charge in [0.15, 0.2) is 11.5 Å². The molecule has 1 unspecified atom stereocenters. The number of benzene rings is 1. The predicted molar refractivity (Wildman–Crippen MR) is 83.0 cm³/mol. The lowest BCUT2D eigenvalue weighted by atomic mass is 9.96. The third kappa shape index (κ3) is 2.23. The molecule has 0 aromatic heterocycles. The molecule has 6 heteroatoms. The molecule has 0 radical (unpaired) electrons. The van der Waals surface area contributed by atoms with Crippen molar-refractivity contribution < 1.29 is 28.8 Å². The van der Waals surface area contributed by atoms with E-state index in [1.807, 2.05) is 18.2 Å². The molecule has 0 saturated carbocycles.